The smallest absolute Gasteiger partial charge is 0.0918 e. The van der Waals surface area contributed by atoms with E-state index in [-0.39, 0.29) is 10.8 Å². The molecule has 0 aliphatic rings. The monoisotopic (exact) mass is 230 g/mol. The first-order valence-corrected chi connectivity index (χ1v) is 5.94. The van der Waals surface area contributed by atoms with Gasteiger partial charge in [-0.1, -0.05) is 53.7 Å². The van der Waals surface area contributed by atoms with Crippen molar-refractivity contribution in [3.63, 3.8) is 0 Å². The molecule has 1 aromatic rings. The summed E-state index contributed by atoms with van der Waals surface area (Å²) in [5.74, 6) is 0. The number of nitrogens with one attached hydrogen (secondary N) is 1. The van der Waals surface area contributed by atoms with Crippen molar-refractivity contribution in [1.82, 2.24) is 0 Å². The standard InChI is InChI=1S/C15H22N2/c1-14(2,3)11-7-8-13(17-10-16)12(9-11)15(4,5)6/h7-9,16H,1-6H3. The van der Waals surface area contributed by atoms with Gasteiger partial charge in [0.05, 0.1) is 11.7 Å². The molecule has 0 amide bonds. The van der Waals surface area contributed by atoms with Crippen LogP contribution in [0.15, 0.2) is 23.2 Å². The van der Waals surface area contributed by atoms with E-state index in [9.17, 15) is 0 Å². The molecule has 1 aromatic carbocycles. The minimum Gasteiger partial charge on any atom is -0.241 e. The predicted molar refractivity (Wildman–Crippen MR) is 73.7 cm³/mol. The van der Waals surface area contributed by atoms with E-state index >= 15 is 0 Å². The molecule has 0 radical (unpaired) electrons. The first kappa shape index (κ1) is 13.7. The summed E-state index contributed by atoms with van der Waals surface area (Å²) in [6.45, 7) is 13.1. The van der Waals surface area contributed by atoms with E-state index in [0.717, 1.165) is 5.69 Å². The lowest BCUT2D eigenvalue weighted by atomic mass is 9.80. The number of benzene rings is 1. The average Bonchev–Trinajstić information content (AvgIpc) is 2.15. The molecule has 0 saturated heterocycles. The summed E-state index contributed by atoms with van der Waals surface area (Å²) >= 11 is 0. The van der Waals surface area contributed by atoms with E-state index in [4.69, 9.17) is 5.41 Å². The summed E-state index contributed by atoms with van der Waals surface area (Å²) in [5, 5.41) is 7.00. The molecule has 0 aliphatic carbocycles. The molecule has 0 saturated carbocycles. The lowest BCUT2D eigenvalue weighted by Gasteiger charge is -2.25. The maximum Gasteiger partial charge on any atom is 0.0918 e. The highest BCUT2D eigenvalue weighted by Crippen LogP contribution is 2.35. The molecule has 1 rings (SSSR count). The SMILES string of the molecule is CC(C)(C)c1ccc(N=C=N)c(C(C)(C)C)c1. The van der Waals surface area contributed by atoms with Crippen molar-refractivity contribution in [1.29, 1.82) is 5.41 Å². The van der Waals surface area contributed by atoms with Crippen LogP contribution in [0.3, 0.4) is 0 Å². The molecular weight excluding hydrogens is 208 g/mol. The van der Waals surface area contributed by atoms with Crippen molar-refractivity contribution in [2.45, 2.75) is 52.4 Å². The van der Waals surface area contributed by atoms with Crippen LogP contribution in [-0.4, -0.2) is 6.01 Å². The Morgan fingerprint density at radius 2 is 1.59 bits per heavy atom. The zero-order valence-electron chi connectivity index (χ0n) is 11.7. The van der Waals surface area contributed by atoms with Crippen LogP contribution in [0.4, 0.5) is 5.69 Å². The largest absolute Gasteiger partial charge is 0.241 e. The maximum absolute atomic E-state index is 7.00. The first-order chi connectivity index (χ1) is 7.66. The van der Waals surface area contributed by atoms with Crippen LogP contribution in [0.5, 0.6) is 0 Å². The summed E-state index contributed by atoms with van der Waals surface area (Å²) in [4.78, 5) is 4.01. The molecule has 0 aromatic heterocycles. The number of nitrogens with zero attached hydrogens (tertiary/aromatic N) is 1. The van der Waals surface area contributed by atoms with Gasteiger partial charge in [-0.05, 0) is 28.0 Å². The highest BCUT2D eigenvalue weighted by Gasteiger charge is 2.21. The van der Waals surface area contributed by atoms with Crippen LogP contribution in [-0.2, 0) is 10.8 Å². The number of hydrogen-bond donors (Lipinski definition) is 1. The maximum atomic E-state index is 7.00. The molecule has 0 heterocycles. The Balaban J connectivity index is 3.45. The van der Waals surface area contributed by atoms with E-state index in [2.05, 4.69) is 64.7 Å². The van der Waals surface area contributed by atoms with E-state index in [1.807, 2.05) is 6.07 Å². The van der Waals surface area contributed by atoms with Crippen LogP contribution in [0.25, 0.3) is 0 Å². The Kier molecular flexibility index (Phi) is 3.59. The van der Waals surface area contributed by atoms with E-state index < -0.39 is 0 Å². The average molecular weight is 230 g/mol. The number of rotatable bonds is 1. The fourth-order valence-electron chi connectivity index (χ4n) is 1.76. The zero-order valence-corrected chi connectivity index (χ0v) is 11.7. The van der Waals surface area contributed by atoms with E-state index in [1.165, 1.54) is 11.1 Å². The minimum absolute atomic E-state index is 0.0247. The second-order valence-electron chi connectivity index (χ2n) is 6.46. The van der Waals surface area contributed by atoms with Crippen molar-refractivity contribution >= 4 is 11.7 Å². The van der Waals surface area contributed by atoms with Gasteiger partial charge in [-0.2, -0.15) is 4.99 Å². The van der Waals surface area contributed by atoms with Gasteiger partial charge >= 0.3 is 0 Å². The zero-order chi connectivity index (χ0) is 13.3. The van der Waals surface area contributed by atoms with Crippen LogP contribution >= 0.6 is 0 Å². The summed E-state index contributed by atoms with van der Waals surface area (Å²) in [5.41, 5.74) is 3.47. The summed E-state index contributed by atoms with van der Waals surface area (Å²) < 4.78 is 0. The lowest BCUT2D eigenvalue weighted by Crippen LogP contribution is -2.16. The van der Waals surface area contributed by atoms with Crippen molar-refractivity contribution in [3.05, 3.63) is 29.3 Å². The number of hydrogen-bond acceptors (Lipinski definition) is 2. The topological polar surface area (TPSA) is 36.2 Å². The van der Waals surface area contributed by atoms with Crippen molar-refractivity contribution in [3.8, 4) is 0 Å². The van der Waals surface area contributed by atoms with E-state index in [1.54, 1.807) is 0 Å². The van der Waals surface area contributed by atoms with Gasteiger partial charge in [-0.15, -0.1) is 0 Å². The molecule has 2 heteroatoms. The number of aliphatic imine (C=N–C) groups is 1. The Morgan fingerprint density at radius 1 is 1.00 bits per heavy atom. The Bertz CT molecular complexity index is 453. The van der Waals surface area contributed by atoms with Crippen molar-refractivity contribution < 1.29 is 0 Å². The summed E-state index contributed by atoms with van der Waals surface area (Å²) in [6, 6.07) is 8.41. The molecule has 0 aliphatic heterocycles. The first-order valence-electron chi connectivity index (χ1n) is 5.94. The van der Waals surface area contributed by atoms with Gasteiger partial charge in [0.15, 0.2) is 0 Å². The van der Waals surface area contributed by atoms with Gasteiger partial charge in [-0.25, -0.2) is 5.41 Å². The highest BCUT2D eigenvalue weighted by molar-refractivity contribution is 5.58. The van der Waals surface area contributed by atoms with Gasteiger partial charge in [0.1, 0.15) is 0 Å². The summed E-state index contributed by atoms with van der Waals surface area (Å²) in [6.07, 6.45) is 0. The molecule has 0 fully saturated rings. The van der Waals surface area contributed by atoms with Crippen LogP contribution in [0.2, 0.25) is 0 Å². The van der Waals surface area contributed by atoms with Crippen molar-refractivity contribution in [2.24, 2.45) is 4.99 Å². The summed E-state index contributed by atoms with van der Waals surface area (Å²) in [7, 11) is 0. The molecule has 0 spiro atoms. The molecule has 1 N–H and O–H groups in total. The van der Waals surface area contributed by atoms with Crippen LogP contribution in [0, 0.1) is 5.41 Å². The van der Waals surface area contributed by atoms with Crippen LogP contribution in [0.1, 0.15) is 52.7 Å². The molecule has 2 nitrogen and oxygen atoms in total. The molecular formula is C15H22N2. The third-order valence-corrected chi connectivity index (χ3v) is 2.85. The fraction of sp³-hybridized carbons (Fsp3) is 0.533. The Labute approximate surface area is 104 Å². The highest BCUT2D eigenvalue weighted by atomic mass is 14.7. The second-order valence-corrected chi connectivity index (χ2v) is 6.46. The molecule has 0 atom stereocenters. The Hall–Kier alpha value is -1.40. The molecule has 92 valence electrons. The lowest BCUT2D eigenvalue weighted by molar-refractivity contribution is 0.569. The quantitative estimate of drug-likeness (QED) is 0.681. The normalized spacial score (nSPS) is 12.1. The van der Waals surface area contributed by atoms with Crippen LogP contribution < -0.4 is 0 Å². The van der Waals surface area contributed by atoms with Gasteiger partial charge in [0.2, 0.25) is 0 Å². The van der Waals surface area contributed by atoms with E-state index in [0.29, 0.717) is 0 Å². The Morgan fingerprint density at radius 3 is 2.00 bits per heavy atom. The fourth-order valence-corrected chi connectivity index (χ4v) is 1.76. The van der Waals surface area contributed by atoms with Gasteiger partial charge in [-0.3, -0.25) is 0 Å². The van der Waals surface area contributed by atoms with Gasteiger partial charge in [0.25, 0.3) is 0 Å². The molecule has 0 unspecified atom stereocenters. The third-order valence-electron chi connectivity index (χ3n) is 2.85. The van der Waals surface area contributed by atoms with Gasteiger partial charge in [0, 0.05) is 0 Å². The van der Waals surface area contributed by atoms with Crippen molar-refractivity contribution in [2.75, 3.05) is 0 Å². The van der Waals surface area contributed by atoms with Gasteiger partial charge < -0.3 is 0 Å². The second kappa shape index (κ2) is 4.46. The molecule has 0 bridgehead atoms. The third kappa shape index (κ3) is 3.28. The molecule has 17 heavy (non-hydrogen) atoms. The predicted octanol–water partition coefficient (Wildman–Crippen LogP) is 4.67. The minimum atomic E-state index is 0.0247.